The molecule has 15 nitrogen and oxygen atoms in total. The van der Waals surface area contributed by atoms with Crippen molar-refractivity contribution >= 4 is 17.8 Å². The van der Waals surface area contributed by atoms with Gasteiger partial charge in [0, 0.05) is 50.0 Å². The van der Waals surface area contributed by atoms with Crippen LogP contribution >= 0.6 is 0 Å². The number of amides is 1. The van der Waals surface area contributed by atoms with E-state index in [-0.39, 0.29) is 30.0 Å². The number of fused-ring (bicyclic) bond motifs is 1. The van der Waals surface area contributed by atoms with Crippen LogP contribution in [0.1, 0.15) is 81.1 Å². The van der Waals surface area contributed by atoms with Crippen LogP contribution in [0.25, 0.3) is 11.3 Å². The number of ketones is 1. The zero-order valence-corrected chi connectivity index (χ0v) is 37.2. The fourth-order valence-corrected chi connectivity index (χ4v) is 9.99. The Kier molecular flexibility index (Phi) is 15.4. The third kappa shape index (κ3) is 9.87. The van der Waals surface area contributed by atoms with E-state index in [1.807, 2.05) is 101 Å². The molecule has 0 spiro atoms. The molecule has 0 bridgehead atoms. The van der Waals surface area contributed by atoms with Gasteiger partial charge in [-0.25, -0.2) is 20.2 Å². The number of esters is 1. The molecule has 3 aliphatic heterocycles. The van der Waals surface area contributed by atoms with Gasteiger partial charge in [0.2, 0.25) is 0 Å². The van der Waals surface area contributed by atoms with E-state index in [4.69, 9.17) is 23.7 Å². The number of hydrogen-bond acceptors (Lipinski definition) is 13. The number of likely N-dealkylation sites (N-methyl/N-ethyl adjacent to an activating group) is 1. The Hall–Kier alpha value is -3.44. The Balaban J connectivity index is 1.45. The van der Waals surface area contributed by atoms with E-state index in [9.17, 15) is 19.5 Å². The van der Waals surface area contributed by atoms with Gasteiger partial charge in [0.1, 0.15) is 18.1 Å². The normalized spacial score (nSPS) is 37.5. The van der Waals surface area contributed by atoms with Crippen LogP contribution in [0.15, 0.2) is 42.9 Å². The summed E-state index contributed by atoms with van der Waals surface area (Å²) in [7, 11) is 7.29. The van der Waals surface area contributed by atoms with E-state index in [0.29, 0.717) is 38.8 Å². The van der Waals surface area contributed by atoms with E-state index < -0.39 is 71.5 Å². The molecule has 3 aliphatic rings. The van der Waals surface area contributed by atoms with Crippen LogP contribution in [0.5, 0.6) is 0 Å². The fraction of sp³-hybridized carbons (Fsp3) is 0.727. The van der Waals surface area contributed by atoms with Crippen LogP contribution < -0.4 is 10.7 Å². The number of carbonyl (C=O) groups is 3. The van der Waals surface area contributed by atoms with Crippen LogP contribution in [0.3, 0.4) is 0 Å². The van der Waals surface area contributed by atoms with Crippen LogP contribution in [0.2, 0.25) is 0 Å². The standard InChI is InChI=1S/C44H70N6O9/c1-13-34-44(8)38(50(42(54)59-44)47-20-17-21-49-24-32(46-25-49)31-18-15-14-16-19-31)28(4)35(45-9)26(2)23-43(7,55-12)39(29(5)36(51)30(6)40(53)57-34)58-41-37(52)33(48(10)11)22-27(3)56-41/h14-16,18-19,24-30,33-35,37-39,41,45,47,52H,13,17,20-23H2,1-12H3/t26-,27-,28-,29+,30-,33+,34+,35?,37-,38-,39-,41+,43+,44-/m1/s1. The maximum Gasteiger partial charge on any atom is 0.425 e. The van der Waals surface area contributed by atoms with Gasteiger partial charge in [-0.3, -0.25) is 9.59 Å². The molecule has 3 N–H and O–H groups in total. The van der Waals surface area contributed by atoms with Crippen LogP contribution in [0.4, 0.5) is 4.79 Å². The molecule has 5 rings (SSSR count). The first-order valence-corrected chi connectivity index (χ1v) is 21.4. The quantitative estimate of drug-likeness (QED) is 0.154. The number of aliphatic hydroxyl groups excluding tert-OH is 1. The van der Waals surface area contributed by atoms with Crippen molar-refractivity contribution < 1.29 is 43.2 Å². The number of nitrogens with one attached hydrogen (secondary N) is 2. The van der Waals surface area contributed by atoms with Gasteiger partial charge in [-0.2, -0.15) is 0 Å². The third-order valence-electron chi connectivity index (χ3n) is 13.3. The Morgan fingerprint density at radius 3 is 2.39 bits per heavy atom. The van der Waals surface area contributed by atoms with Crippen molar-refractivity contribution in [1.29, 1.82) is 0 Å². The summed E-state index contributed by atoms with van der Waals surface area (Å²) in [6, 6.07) is 8.92. The number of aromatic nitrogens is 2. The lowest BCUT2D eigenvalue weighted by atomic mass is 9.71. The second kappa shape index (κ2) is 19.5. The van der Waals surface area contributed by atoms with E-state index in [1.54, 1.807) is 19.0 Å². The van der Waals surface area contributed by atoms with Gasteiger partial charge >= 0.3 is 12.1 Å². The van der Waals surface area contributed by atoms with Crippen molar-refractivity contribution in [2.24, 2.45) is 23.7 Å². The highest BCUT2D eigenvalue weighted by Gasteiger charge is 2.60. The van der Waals surface area contributed by atoms with Crippen molar-refractivity contribution in [2.75, 3.05) is 34.8 Å². The minimum absolute atomic E-state index is 0.121. The molecule has 330 valence electrons. The first-order chi connectivity index (χ1) is 27.9. The number of imidazole rings is 1. The zero-order chi connectivity index (χ0) is 43.4. The number of aliphatic hydroxyl groups is 1. The van der Waals surface area contributed by atoms with Gasteiger partial charge in [0.15, 0.2) is 17.7 Å². The summed E-state index contributed by atoms with van der Waals surface area (Å²) in [5.41, 5.74) is 2.93. The summed E-state index contributed by atoms with van der Waals surface area (Å²) >= 11 is 0. The van der Waals surface area contributed by atoms with Crippen LogP contribution in [-0.4, -0.2) is 137 Å². The molecule has 14 atom stereocenters. The largest absolute Gasteiger partial charge is 0.458 e. The first-order valence-electron chi connectivity index (χ1n) is 21.4. The molecule has 1 aromatic heterocycles. The Morgan fingerprint density at radius 2 is 1.76 bits per heavy atom. The number of Topliss-reactive ketones (excluding diaryl/α,β-unsaturated/α-hetero) is 1. The molecule has 3 saturated heterocycles. The number of carbonyl (C=O) groups excluding carboxylic acids is 3. The Bertz CT molecular complexity index is 1710. The van der Waals surface area contributed by atoms with Gasteiger partial charge < -0.3 is 43.6 Å². The summed E-state index contributed by atoms with van der Waals surface area (Å²) in [6.45, 7) is 16.1. The molecule has 1 unspecified atom stereocenters. The van der Waals surface area contributed by atoms with Crippen LogP contribution in [-0.2, 0) is 39.8 Å². The molecule has 15 heteroatoms. The molecule has 0 saturated carbocycles. The van der Waals surface area contributed by atoms with Crippen molar-refractivity contribution in [3.63, 3.8) is 0 Å². The number of hydrogen-bond donors (Lipinski definition) is 3. The summed E-state index contributed by atoms with van der Waals surface area (Å²) < 4.78 is 33.8. The lowest BCUT2D eigenvalue weighted by Gasteiger charge is -2.48. The molecule has 1 amide bonds. The van der Waals surface area contributed by atoms with Gasteiger partial charge in [-0.1, -0.05) is 58.0 Å². The molecule has 0 radical (unpaired) electrons. The molecular weight excluding hydrogens is 757 g/mol. The second-order valence-corrected chi connectivity index (χ2v) is 17.7. The predicted molar refractivity (Wildman–Crippen MR) is 223 cm³/mol. The summed E-state index contributed by atoms with van der Waals surface area (Å²) in [5.74, 6) is -3.55. The zero-order valence-electron chi connectivity index (χ0n) is 37.2. The molecule has 1 aromatic carbocycles. The smallest absolute Gasteiger partial charge is 0.425 e. The lowest BCUT2D eigenvalue weighted by Crippen LogP contribution is -2.63. The highest BCUT2D eigenvalue weighted by molar-refractivity contribution is 6.00. The number of rotatable bonds is 12. The monoisotopic (exact) mass is 827 g/mol. The van der Waals surface area contributed by atoms with Crippen molar-refractivity contribution in [2.45, 2.75) is 148 Å². The maximum absolute atomic E-state index is 14.4. The molecule has 0 aliphatic carbocycles. The number of nitrogens with zero attached hydrogens (tertiary/aromatic N) is 4. The number of cyclic esters (lactones) is 1. The highest BCUT2D eigenvalue weighted by atomic mass is 16.7. The van der Waals surface area contributed by atoms with Crippen LogP contribution in [0, 0.1) is 23.7 Å². The molecular formula is C44H70N6O9. The molecule has 4 heterocycles. The number of ether oxygens (including phenoxy) is 5. The second-order valence-electron chi connectivity index (χ2n) is 17.7. The maximum atomic E-state index is 14.4. The van der Waals surface area contributed by atoms with E-state index in [0.717, 1.165) is 11.3 Å². The summed E-state index contributed by atoms with van der Waals surface area (Å²) in [4.78, 5) is 49.0. The minimum atomic E-state index is -1.28. The van der Waals surface area contributed by atoms with Crippen molar-refractivity contribution in [3.05, 3.63) is 42.9 Å². The minimum Gasteiger partial charge on any atom is -0.458 e. The first kappa shape index (κ1) is 46.6. The predicted octanol–water partition coefficient (Wildman–Crippen LogP) is 4.67. The summed E-state index contributed by atoms with van der Waals surface area (Å²) in [5, 5.41) is 16.6. The third-order valence-corrected chi connectivity index (χ3v) is 13.3. The summed E-state index contributed by atoms with van der Waals surface area (Å²) in [6.07, 6.45) is 1.22. The molecule has 2 aromatic rings. The average Bonchev–Trinajstić information content (AvgIpc) is 3.79. The highest BCUT2D eigenvalue weighted by Crippen LogP contribution is 2.43. The number of benzene rings is 1. The SMILES string of the molecule is CC[C@@H]1OC(=O)[C@H](C)C(=O)[C@H](C)[C@@H](O[C@@H]2O[C@H](C)C[C@H](N(C)C)[C@H]2O)[C@@](C)(OC)C[C@@H](C)C(NC)[C@@H](C)[C@H]2N(NCCCn3cnc(-c4ccccc4)c3)C(=O)O[C@]12C. The Morgan fingerprint density at radius 1 is 1.07 bits per heavy atom. The van der Waals surface area contributed by atoms with E-state index >= 15 is 0 Å². The van der Waals surface area contributed by atoms with E-state index in [2.05, 4.69) is 29.6 Å². The Labute approximate surface area is 350 Å². The van der Waals surface area contributed by atoms with Crippen molar-refractivity contribution in [3.8, 4) is 11.3 Å². The fourth-order valence-electron chi connectivity index (χ4n) is 9.99. The topological polar surface area (TPSA) is 166 Å². The van der Waals surface area contributed by atoms with Gasteiger partial charge in [0.25, 0.3) is 0 Å². The molecule has 59 heavy (non-hydrogen) atoms. The molecule has 3 fully saturated rings. The number of hydrazine groups is 1. The number of methoxy groups -OCH3 is 1. The lowest BCUT2D eigenvalue weighted by molar-refractivity contribution is -0.295. The van der Waals surface area contributed by atoms with Gasteiger partial charge in [-0.05, 0) is 86.4 Å². The van der Waals surface area contributed by atoms with Crippen molar-refractivity contribution in [1.82, 2.24) is 30.2 Å². The van der Waals surface area contributed by atoms with E-state index in [1.165, 1.54) is 6.92 Å². The average molecular weight is 827 g/mol. The number of aryl methyl sites for hydroxylation is 1. The van der Waals surface area contributed by atoms with Gasteiger partial charge in [0.05, 0.1) is 35.9 Å². The van der Waals surface area contributed by atoms with Gasteiger partial charge in [-0.15, -0.1) is 0 Å².